The van der Waals surface area contributed by atoms with Crippen LogP contribution in [0, 0.1) is 0 Å². The van der Waals surface area contributed by atoms with E-state index in [-0.39, 0.29) is 5.75 Å². The van der Waals surface area contributed by atoms with Crippen molar-refractivity contribution < 1.29 is 9.45 Å². The van der Waals surface area contributed by atoms with Crippen LogP contribution < -0.4 is 0 Å². The molecule has 124 valence electrons. The Kier molecular flexibility index (Phi) is 4.56. The minimum Gasteiger partial charge on any atom is -0.543 e. The molecule has 0 N–H and O–H groups in total. The quantitative estimate of drug-likeness (QED) is 0.470. The molecule has 5 nitrogen and oxygen atoms in total. The third-order valence-corrected chi connectivity index (χ3v) is 5.65. The Balaban J connectivity index is 1.81. The SMILES string of the molecule is [B]OC(=O)CSc1nnc(Br)n1-c1ccc(C2CC2)c2ccccc12. The van der Waals surface area contributed by atoms with Crippen LogP contribution in [-0.2, 0) is 9.45 Å². The molecule has 0 amide bonds. The molecule has 0 aliphatic heterocycles. The van der Waals surface area contributed by atoms with Crippen molar-refractivity contribution in [3.8, 4) is 5.69 Å². The number of halogens is 1. The monoisotopic (exact) mass is 413 g/mol. The van der Waals surface area contributed by atoms with E-state index in [9.17, 15) is 4.79 Å². The molecule has 2 aromatic carbocycles. The van der Waals surface area contributed by atoms with Gasteiger partial charge in [-0.05, 0) is 51.7 Å². The number of thioether (sulfide) groups is 1. The maximum Gasteiger partial charge on any atom is 0.378 e. The Hall–Kier alpha value is -1.80. The van der Waals surface area contributed by atoms with E-state index in [4.69, 9.17) is 8.05 Å². The Bertz CT molecular complexity index is 958. The topological polar surface area (TPSA) is 57.0 Å². The molecule has 0 atom stereocenters. The van der Waals surface area contributed by atoms with E-state index < -0.39 is 5.97 Å². The highest BCUT2D eigenvalue weighted by Crippen LogP contribution is 2.44. The summed E-state index contributed by atoms with van der Waals surface area (Å²) in [5.41, 5.74) is 2.37. The van der Waals surface area contributed by atoms with E-state index in [1.54, 1.807) is 0 Å². The predicted octanol–water partition coefficient (Wildman–Crippen LogP) is 3.78. The van der Waals surface area contributed by atoms with Crippen LogP contribution >= 0.6 is 27.7 Å². The summed E-state index contributed by atoms with van der Waals surface area (Å²) >= 11 is 4.69. The summed E-state index contributed by atoms with van der Waals surface area (Å²) < 4.78 is 6.69. The second-order valence-corrected chi connectivity index (χ2v) is 7.51. The van der Waals surface area contributed by atoms with Gasteiger partial charge < -0.3 is 4.65 Å². The number of carbonyl (C=O) groups is 1. The molecule has 2 radical (unpaired) electrons. The molecule has 25 heavy (non-hydrogen) atoms. The fraction of sp³-hybridized carbons (Fsp3) is 0.235. The molecule has 0 unspecified atom stereocenters. The van der Waals surface area contributed by atoms with Crippen molar-refractivity contribution in [1.82, 2.24) is 14.8 Å². The molecule has 1 aromatic heterocycles. The van der Waals surface area contributed by atoms with Gasteiger partial charge in [0.2, 0.25) is 4.73 Å². The summed E-state index contributed by atoms with van der Waals surface area (Å²) in [4.78, 5) is 11.3. The zero-order valence-corrected chi connectivity index (χ0v) is 15.6. The number of nitrogens with zero attached hydrogens (tertiary/aromatic N) is 3. The van der Waals surface area contributed by atoms with E-state index in [0.717, 1.165) is 11.1 Å². The number of benzene rings is 2. The molecule has 1 heterocycles. The van der Waals surface area contributed by atoms with Crippen molar-refractivity contribution in [2.24, 2.45) is 0 Å². The lowest BCUT2D eigenvalue weighted by atomic mass is 9.99. The van der Waals surface area contributed by atoms with Crippen LogP contribution in [0.3, 0.4) is 0 Å². The van der Waals surface area contributed by atoms with Crippen molar-refractivity contribution in [2.75, 3.05) is 5.75 Å². The van der Waals surface area contributed by atoms with Gasteiger partial charge >= 0.3 is 8.05 Å². The summed E-state index contributed by atoms with van der Waals surface area (Å²) in [6, 6.07) is 12.6. The summed E-state index contributed by atoms with van der Waals surface area (Å²) in [6.07, 6.45) is 2.50. The van der Waals surface area contributed by atoms with Gasteiger partial charge in [0.15, 0.2) is 5.16 Å². The van der Waals surface area contributed by atoms with Crippen LogP contribution in [0.25, 0.3) is 16.5 Å². The molecule has 1 fully saturated rings. The molecule has 1 aliphatic rings. The molecule has 8 heteroatoms. The van der Waals surface area contributed by atoms with Crippen molar-refractivity contribution >= 4 is 52.5 Å². The third kappa shape index (κ3) is 3.20. The lowest BCUT2D eigenvalue weighted by molar-refractivity contribution is -0.131. The highest BCUT2D eigenvalue weighted by molar-refractivity contribution is 9.10. The maximum absolute atomic E-state index is 11.3. The number of rotatable bonds is 5. The number of hydrogen-bond acceptors (Lipinski definition) is 5. The molecule has 0 saturated heterocycles. The molecule has 4 rings (SSSR count). The summed E-state index contributed by atoms with van der Waals surface area (Å²) in [6.45, 7) is 0. The van der Waals surface area contributed by atoms with Gasteiger partial charge in [0.25, 0.3) is 5.97 Å². The first-order chi connectivity index (χ1) is 12.2. The van der Waals surface area contributed by atoms with E-state index in [0.29, 0.717) is 15.8 Å². The average Bonchev–Trinajstić information content (AvgIpc) is 3.42. The Morgan fingerprint density at radius 2 is 2.00 bits per heavy atom. The molecule has 0 spiro atoms. The molecular formula is C17H13BBrN3O2S. The fourth-order valence-electron chi connectivity index (χ4n) is 2.96. The smallest absolute Gasteiger partial charge is 0.378 e. The van der Waals surface area contributed by atoms with E-state index in [2.05, 4.69) is 61.1 Å². The van der Waals surface area contributed by atoms with Crippen LogP contribution in [0.5, 0.6) is 0 Å². The Morgan fingerprint density at radius 3 is 2.72 bits per heavy atom. The zero-order chi connectivity index (χ0) is 17.4. The third-order valence-electron chi connectivity index (χ3n) is 4.24. The van der Waals surface area contributed by atoms with Crippen LogP contribution in [0.15, 0.2) is 46.3 Å². The fourth-order valence-corrected chi connectivity index (χ4v) is 4.24. The van der Waals surface area contributed by atoms with Gasteiger partial charge in [0, 0.05) is 5.39 Å². The second kappa shape index (κ2) is 6.84. The number of fused-ring (bicyclic) bond motifs is 1. The van der Waals surface area contributed by atoms with Crippen LogP contribution in [-0.4, -0.2) is 34.5 Å². The summed E-state index contributed by atoms with van der Waals surface area (Å²) in [5.74, 6) is 0.223. The van der Waals surface area contributed by atoms with Crippen molar-refractivity contribution in [1.29, 1.82) is 0 Å². The van der Waals surface area contributed by atoms with Gasteiger partial charge in [-0.3, -0.25) is 9.36 Å². The lowest BCUT2D eigenvalue weighted by Crippen LogP contribution is -2.06. The van der Waals surface area contributed by atoms with Crippen molar-refractivity contribution in [3.63, 3.8) is 0 Å². The van der Waals surface area contributed by atoms with E-state index in [1.807, 2.05) is 10.6 Å². The van der Waals surface area contributed by atoms with Crippen molar-refractivity contribution in [3.05, 3.63) is 46.7 Å². The van der Waals surface area contributed by atoms with Crippen LogP contribution in [0.1, 0.15) is 24.3 Å². The van der Waals surface area contributed by atoms with Gasteiger partial charge in [-0.2, -0.15) is 0 Å². The van der Waals surface area contributed by atoms with Gasteiger partial charge in [0.1, 0.15) is 0 Å². The first kappa shape index (κ1) is 16.7. The molecule has 1 aliphatic carbocycles. The highest BCUT2D eigenvalue weighted by atomic mass is 79.9. The Labute approximate surface area is 158 Å². The zero-order valence-electron chi connectivity index (χ0n) is 13.2. The standard InChI is InChI=1S/C17H13BBrN3O2S/c18-24-15(23)9-25-17-21-20-16(19)22(17)14-8-7-11(10-5-6-10)12-3-1-2-4-13(12)14/h1-4,7-8,10H,5-6,9H2. The van der Waals surface area contributed by atoms with Crippen molar-refractivity contribution in [2.45, 2.75) is 23.9 Å². The highest BCUT2D eigenvalue weighted by Gasteiger charge is 2.26. The van der Waals surface area contributed by atoms with Gasteiger partial charge in [0.05, 0.1) is 11.4 Å². The van der Waals surface area contributed by atoms with Crippen LogP contribution in [0.2, 0.25) is 0 Å². The normalized spacial score (nSPS) is 14.0. The summed E-state index contributed by atoms with van der Waals surface area (Å²) in [5, 5.41) is 11.2. The van der Waals surface area contributed by atoms with E-state index >= 15 is 0 Å². The minimum absolute atomic E-state index is 0.0692. The molecule has 1 saturated carbocycles. The molecule has 0 bridgehead atoms. The Morgan fingerprint density at radius 1 is 1.24 bits per heavy atom. The summed E-state index contributed by atoms with van der Waals surface area (Å²) in [7, 11) is 4.90. The van der Waals surface area contributed by atoms with Gasteiger partial charge in [-0.1, -0.05) is 42.1 Å². The molecule has 3 aromatic rings. The number of aromatic nitrogens is 3. The number of hydrogen-bond donors (Lipinski definition) is 0. The minimum atomic E-state index is -0.510. The van der Waals surface area contributed by atoms with E-state index in [1.165, 1.54) is 35.6 Å². The largest absolute Gasteiger partial charge is 0.543 e. The average molecular weight is 414 g/mol. The second-order valence-electron chi connectivity index (χ2n) is 5.86. The predicted molar refractivity (Wildman–Crippen MR) is 101 cm³/mol. The number of carbonyl (C=O) groups excluding carboxylic acids is 1. The van der Waals surface area contributed by atoms with Gasteiger partial charge in [-0.15, -0.1) is 10.2 Å². The molecular weight excluding hydrogens is 401 g/mol. The lowest BCUT2D eigenvalue weighted by Gasteiger charge is -2.13. The first-order valence-corrected chi connectivity index (χ1v) is 9.62. The first-order valence-electron chi connectivity index (χ1n) is 7.84. The maximum atomic E-state index is 11.3. The van der Waals surface area contributed by atoms with Gasteiger partial charge in [-0.25, -0.2) is 0 Å². The van der Waals surface area contributed by atoms with Crippen LogP contribution in [0.4, 0.5) is 0 Å².